The predicted octanol–water partition coefficient (Wildman–Crippen LogP) is 3.28. The van der Waals surface area contributed by atoms with Crippen LogP contribution in [0.2, 0.25) is 0 Å². The van der Waals surface area contributed by atoms with E-state index in [2.05, 4.69) is 18.2 Å². The Morgan fingerprint density at radius 1 is 1.42 bits per heavy atom. The van der Waals surface area contributed by atoms with Gasteiger partial charge in [0, 0.05) is 12.4 Å². The lowest BCUT2D eigenvalue weighted by atomic mass is 10.1. The molecule has 0 aromatic carbocycles. The number of nitrogens with zero attached hydrogens (tertiary/aromatic N) is 1. The van der Waals surface area contributed by atoms with Gasteiger partial charge in [-0.3, -0.25) is 4.99 Å². The zero-order valence-electron chi connectivity index (χ0n) is 7.75. The van der Waals surface area contributed by atoms with Crippen molar-refractivity contribution >= 4 is 6.21 Å². The van der Waals surface area contributed by atoms with Crippen molar-refractivity contribution < 1.29 is 0 Å². The third kappa shape index (κ3) is 4.45. The highest BCUT2D eigenvalue weighted by molar-refractivity contribution is 5.84. The van der Waals surface area contributed by atoms with Gasteiger partial charge in [0.2, 0.25) is 0 Å². The minimum absolute atomic E-state index is 0.999. The summed E-state index contributed by atoms with van der Waals surface area (Å²) in [6.45, 7) is 11.3. The van der Waals surface area contributed by atoms with Crippen molar-refractivity contribution in [1.29, 1.82) is 0 Å². The first-order valence-corrected chi connectivity index (χ1v) is 3.85. The van der Waals surface area contributed by atoms with Crippen LogP contribution in [0.3, 0.4) is 0 Å². The van der Waals surface area contributed by atoms with E-state index in [9.17, 15) is 0 Å². The Morgan fingerprint density at radius 3 is 2.50 bits per heavy atom. The molecule has 0 aliphatic heterocycles. The summed E-state index contributed by atoms with van der Waals surface area (Å²) in [5.41, 5.74) is 2.02. The van der Waals surface area contributed by atoms with E-state index in [-0.39, 0.29) is 0 Å². The molecule has 0 heterocycles. The highest BCUT2D eigenvalue weighted by Gasteiger charge is 1.89. The van der Waals surface area contributed by atoms with Gasteiger partial charge in [0.05, 0.1) is 0 Å². The molecule has 0 aromatic heterocycles. The number of aliphatic imine (C=N–C) groups is 1. The summed E-state index contributed by atoms with van der Waals surface area (Å²) in [4.78, 5) is 3.92. The van der Waals surface area contributed by atoms with E-state index in [1.165, 1.54) is 6.20 Å². The number of rotatable bonds is 4. The van der Waals surface area contributed by atoms with E-state index >= 15 is 0 Å². The number of hydrogen-bond acceptors (Lipinski definition) is 1. The lowest BCUT2D eigenvalue weighted by molar-refractivity contribution is 1.48. The average Bonchev–Trinajstić information content (AvgIpc) is 2.04. The molecule has 0 atom stereocenters. The molecule has 0 aliphatic carbocycles. The minimum Gasteiger partial charge on any atom is -0.265 e. The fraction of sp³-hybridized carbons (Fsp3) is 0.182. The smallest absolute Gasteiger partial charge is 0.0342 e. The molecule has 0 aliphatic rings. The lowest BCUT2D eigenvalue weighted by Gasteiger charge is -1.95. The Morgan fingerprint density at radius 2 is 2.08 bits per heavy atom. The van der Waals surface area contributed by atoms with E-state index in [0.29, 0.717) is 0 Å². The van der Waals surface area contributed by atoms with E-state index < -0.39 is 0 Å². The van der Waals surface area contributed by atoms with E-state index in [1.807, 2.05) is 32.1 Å². The van der Waals surface area contributed by atoms with Gasteiger partial charge in [0.15, 0.2) is 0 Å². The van der Waals surface area contributed by atoms with Crippen LogP contribution in [0.15, 0.2) is 53.7 Å². The summed E-state index contributed by atoms with van der Waals surface area (Å²) in [6, 6.07) is 0. The monoisotopic (exact) mass is 161 g/mol. The zero-order valence-corrected chi connectivity index (χ0v) is 7.75. The van der Waals surface area contributed by atoms with Crippen LogP contribution in [0.25, 0.3) is 0 Å². The zero-order chi connectivity index (χ0) is 9.40. The largest absolute Gasteiger partial charge is 0.265 e. The van der Waals surface area contributed by atoms with Gasteiger partial charge in [-0.15, -0.1) is 0 Å². The van der Waals surface area contributed by atoms with E-state index in [4.69, 9.17) is 0 Å². The van der Waals surface area contributed by atoms with Crippen LogP contribution < -0.4 is 0 Å². The molecule has 1 heteroatoms. The molecule has 0 saturated carbocycles. The van der Waals surface area contributed by atoms with Crippen molar-refractivity contribution in [3.63, 3.8) is 0 Å². The summed E-state index contributed by atoms with van der Waals surface area (Å²) in [6.07, 6.45) is 9.14. The first-order valence-electron chi connectivity index (χ1n) is 3.85. The third-order valence-electron chi connectivity index (χ3n) is 1.28. The van der Waals surface area contributed by atoms with Crippen LogP contribution in [0.1, 0.15) is 13.8 Å². The van der Waals surface area contributed by atoms with Gasteiger partial charge in [0.1, 0.15) is 0 Å². The van der Waals surface area contributed by atoms with E-state index in [0.717, 1.165) is 11.1 Å². The quantitative estimate of drug-likeness (QED) is 0.443. The molecule has 12 heavy (non-hydrogen) atoms. The molecular formula is C11H15N. The predicted molar refractivity (Wildman–Crippen MR) is 56.4 cm³/mol. The highest BCUT2D eigenvalue weighted by Crippen LogP contribution is 2.03. The van der Waals surface area contributed by atoms with Crippen LogP contribution in [-0.2, 0) is 0 Å². The number of allylic oxidation sites excluding steroid dienone is 5. The standard InChI is InChI=1S/C11H15N/c1-5-7-8-11(10(3)4)9-12-6-2/h5-9H,2-3H2,1,4H3/b7-5-,11-8-,12-9-. The molecule has 0 aromatic rings. The van der Waals surface area contributed by atoms with Crippen LogP contribution in [0.4, 0.5) is 0 Å². The van der Waals surface area contributed by atoms with E-state index in [1.54, 1.807) is 6.21 Å². The second kappa shape index (κ2) is 6.35. The van der Waals surface area contributed by atoms with Gasteiger partial charge in [-0.1, -0.05) is 31.4 Å². The van der Waals surface area contributed by atoms with Gasteiger partial charge >= 0.3 is 0 Å². The van der Waals surface area contributed by atoms with Crippen molar-refractivity contribution in [3.8, 4) is 0 Å². The van der Waals surface area contributed by atoms with Gasteiger partial charge in [-0.25, -0.2) is 0 Å². The van der Waals surface area contributed by atoms with Crippen LogP contribution in [0, 0.1) is 0 Å². The minimum atomic E-state index is 0.999. The van der Waals surface area contributed by atoms with Crippen molar-refractivity contribution in [2.24, 2.45) is 4.99 Å². The van der Waals surface area contributed by atoms with Gasteiger partial charge in [-0.2, -0.15) is 0 Å². The van der Waals surface area contributed by atoms with Gasteiger partial charge in [-0.05, 0) is 25.0 Å². The molecule has 0 radical (unpaired) electrons. The molecule has 0 unspecified atom stereocenters. The second-order valence-corrected chi connectivity index (χ2v) is 2.39. The molecule has 0 saturated heterocycles. The second-order valence-electron chi connectivity index (χ2n) is 2.39. The fourth-order valence-corrected chi connectivity index (χ4v) is 0.628. The SMILES string of the molecule is C=C\N=C/C(=C/C=C\C)C(=C)C. The highest BCUT2D eigenvalue weighted by atomic mass is 14.7. The molecule has 0 fully saturated rings. The average molecular weight is 161 g/mol. The summed E-state index contributed by atoms with van der Waals surface area (Å²) in [5, 5.41) is 0. The Kier molecular flexibility index (Phi) is 5.62. The molecule has 64 valence electrons. The Balaban J connectivity index is 4.54. The topological polar surface area (TPSA) is 12.4 Å². The summed E-state index contributed by atoms with van der Waals surface area (Å²) >= 11 is 0. The molecule has 0 amide bonds. The van der Waals surface area contributed by atoms with Crippen LogP contribution >= 0.6 is 0 Å². The van der Waals surface area contributed by atoms with Crippen LogP contribution in [-0.4, -0.2) is 6.21 Å². The summed E-state index contributed by atoms with van der Waals surface area (Å²) in [7, 11) is 0. The third-order valence-corrected chi connectivity index (χ3v) is 1.28. The Hall–Kier alpha value is -1.37. The first kappa shape index (κ1) is 10.6. The van der Waals surface area contributed by atoms with Crippen molar-refractivity contribution in [1.82, 2.24) is 0 Å². The van der Waals surface area contributed by atoms with Gasteiger partial charge in [0.25, 0.3) is 0 Å². The molecule has 0 bridgehead atoms. The summed E-state index contributed by atoms with van der Waals surface area (Å²) < 4.78 is 0. The van der Waals surface area contributed by atoms with Crippen molar-refractivity contribution in [2.45, 2.75) is 13.8 Å². The lowest BCUT2D eigenvalue weighted by Crippen LogP contribution is -1.84. The van der Waals surface area contributed by atoms with Crippen LogP contribution in [0.5, 0.6) is 0 Å². The van der Waals surface area contributed by atoms with Crippen molar-refractivity contribution in [3.05, 3.63) is 48.7 Å². The maximum absolute atomic E-state index is 3.92. The summed E-state index contributed by atoms with van der Waals surface area (Å²) in [5.74, 6) is 0. The Bertz CT molecular complexity index is 242. The molecule has 0 rings (SSSR count). The molecule has 0 N–H and O–H groups in total. The maximum Gasteiger partial charge on any atom is 0.0342 e. The fourth-order valence-electron chi connectivity index (χ4n) is 0.628. The molecule has 1 nitrogen and oxygen atoms in total. The maximum atomic E-state index is 3.92. The molecular weight excluding hydrogens is 146 g/mol. The number of hydrogen-bond donors (Lipinski definition) is 0. The van der Waals surface area contributed by atoms with Crippen molar-refractivity contribution in [2.75, 3.05) is 0 Å². The normalized spacial score (nSPS) is 12.7. The first-order chi connectivity index (χ1) is 5.72. The van der Waals surface area contributed by atoms with Gasteiger partial charge < -0.3 is 0 Å². The Labute approximate surface area is 74.5 Å². The molecule has 0 spiro atoms.